The van der Waals surface area contributed by atoms with Crippen LogP contribution in [0.3, 0.4) is 0 Å². The summed E-state index contributed by atoms with van der Waals surface area (Å²) in [4.78, 5) is 0. The number of unbranched alkanes of at least 4 members (excludes halogenated alkanes) is 6. The molecular weight excluding hydrogens is 538 g/mol. The topological polar surface area (TPSA) is 18.5 Å². The van der Waals surface area contributed by atoms with Gasteiger partial charge in [-0.05, 0) is 0 Å². The van der Waals surface area contributed by atoms with E-state index in [1.807, 2.05) is 0 Å². The molecule has 0 atom stereocenters. The summed E-state index contributed by atoms with van der Waals surface area (Å²) in [6.45, 7) is 14.1. The van der Waals surface area contributed by atoms with Gasteiger partial charge in [0.15, 0.2) is 0 Å². The summed E-state index contributed by atoms with van der Waals surface area (Å²) in [5.41, 5.74) is 0. The molecule has 0 heterocycles. The van der Waals surface area contributed by atoms with Gasteiger partial charge >= 0.3 is 199 Å². The summed E-state index contributed by atoms with van der Waals surface area (Å²) in [5.74, 6) is 0. The van der Waals surface area contributed by atoms with Crippen LogP contribution in [0, 0.1) is 0 Å². The minimum absolute atomic E-state index is 1.30. The van der Waals surface area contributed by atoms with E-state index in [1.165, 1.54) is 109 Å². The molecule has 0 spiro atoms. The van der Waals surface area contributed by atoms with Gasteiger partial charge in [0.25, 0.3) is 0 Å². The molecule has 0 aromatic heterocycles. The molecule has 5 heteroatoms. The molecule has 0 aliphatic heterocycles. The molecule has 0 aromatic carbocycles. The van der Waals surface area contributed by atoms with Gasteiger partial charge in [-0.25, -0.2) is 0 Å². The average Bonchev–Trinajstić information content (AvgIpc) is 2.74. The van der Waals surface area contributed by atoms with Crippen molar-refractivity contribution in [2.75, 3.05) is 0 Å². The molecule has 0 saturated heterocycles. The normalized spacial score (nSPS) is 12.4. The maximum atomic E-state index is 7.41. The van der Waals surface area contributed by atoms with Crippen molar-refractivity contribution in [2.45, 2.75) is 150 Å². The van der Waals surface area contributed by atoms with Gasteiger partial charge in [-0.1, -0.05) is 0 Å². The zero-order valence-corrected chi connectivity index (χ0v) is 27.3. The summed E-state index contributed by atoms with van der Waals surface area (Å²) in [6.07, 6.45) is 16.1. The fraction of sp³-hybridized carbons (Fsp3) is 1.00. The molecule has 0 aliphatic rings. The van der Waals surface area contributed by atoms with Gasteiger partial charge in [0.2, 0.25) is 0 Å². The van der Waals surface area contributed by atoms with Crippen LogP contribution in [0.4, 0.5) is 0 Å². The van der Waals surface area contributed by atoms with Crippen LogP contribution >= 0.6 is 0 Å². The van der Waals surface area contributed by atoms with Gasteiger partial charge in [0, 0.05) is 0 Å². The minimum atomic E-state index is -2.65. The Morgan fingerprint density at radius 2 is 0.724 bits per heavy atom. The maximum absolute atomic E-state index is 7.41. The number of hydrogen-bond acceptors (Lipinski definition) is 2. The molecule has 0 aromatic rings. The molecule has 0 N–H and O–H groups in total. The molecule has 0 unspecified atom stereocenters. The summed E-state index contributed by atoms with van der Waals surface area (Å²) in [5, 5.41) is 8.35. The van der Waals surface area contributed by atoms with Crippen LogP contribution < -0.4 is 0 Å². The molecule has 0 aliphatic carbocycles. The van der Waals surface area contributed by atoms with Crippen LogP contribution in [-0.2, 0) is 5.58 Å². The van der Waals surface area contributed by atoms with Gasteiger partial charge in [-0.2, -0.15) is 0 Å². The van der Waals surface area contributed by atoms with Gasteiger partial charge in [-0.15, -0.1) is 0 Å². The Morgan fingerprint density at radius 3 is 0.966 bits per heavy atom. The molecule has 2 nitrogen and oxygen atoms in total. The Balaban J connectivity index is 5.49. The van der Waals surface area contributed by atoms with E-state index in [0.717, 1.165) is 0 Å². The Hall–Kier alpha value is 1.55. The second-order valence-electron chi connectivity index (χ2n) is 8.81. The van der Waals surface area contributed by atoms with Crippen molar-refractivity contribution >= 4 is 43.3 Å². The van der Waals surface area contributed by atoms with E-state index in [2.05, 4.69) is 41.5 Å². The third-order valence-electron chi connectivity index (χ3n) is 5.72. The van der Waals surface area contributed by atoms with Crippen LogP contribution in [0.2, 0.25) is 31.5 Å². The van der Waals surface area contributed by atoms with E-state index in [-0.39, 0.29) is 0 Å². The van der Waals surface area contributed by atoms with Crippen molar-refractivity contribution in [1.82, 2.24) is 0 Å². The van der Waals surface area contributed by atoms with Crippen molar-refractivity contribution in [3.63, 3.8) is 0 Å². The second-order valence-corrected chi connectivity index (χ2v) is 28.8. The first kappa shape index (κ1) is 30.5. The first-order chi connectivity index (χ1) is 14.1. The van der Waals surface area contributed by atoms with Gasteiger partial charge in [-0.3, -0.25) is 0 Å². The zero-order valence-electron chi connectivity index (χ0n) is 21.0. The van der Waals surface area contributed by atoms with Crippen molar-refractivity contribution in [3.05, 3.63) is 0 Å². The molecule has 0 rings (SSSR count). The van der Waals surface area contributed by atoms with Crippen LogP contribution in [0.5, 0.6) is 0 Å². The van der Waals surface area contributed by atoms with E-state index in [1.54, 1.807) is 0 Å². The second kappa shape index (κ2) is 21.4. The van der Waals surface area contributed by atoms with E-state index < -0.39 is 43.3 Å². The summed E-state index contributed by atoms with van der Waals surface area (Å²) in [6, 6.07) is 0. The van der Waals surface area contributed by atoms with Crippen molar-refractivity contribution in [3.8, 4) is 0 Å². The predicted molar refractivity (Wildman–Crippen MR) is 138 cm³/mol. The Bertz CT molecular complexity index is 294. The SMILES string of the molecule is CCC[CH2][Ge]([CH2]CCC)[O][Ge]([CH2]CCC)([CH2]CCC)[O][Ge]([CH2]CCC)[CH2]CCC. The monoisotopic (exact) mass is 596 g/mol. The fourth-order valence-corrected chi connectivity index (χ4v) is 42.5. The van der Waals surface area contributed by atoms with Crippen molar-refractivity contribution < 1.29 is 5.58 Å². The summed E-state index contributed by atoms with van der Waals surface area (Å²) in [7, 11) is 0. The van der Waals surface area contributed by atoms with Crippen LogP contribution in [0.15, 0.2) is 0 Å². The summed E-state index contributed by atoms with van der Waals surface area (Å²) >= 11 is -5.50. The van der Waals surface area contributed by atoms with E-state index in [0.29, 0.717) is 0 Å². The molecular formula is C24H54Ge3O2. The van der Waals surface area contributed by atoms with Crippen molar-refractivity contribution in [2.24, 2.45) is 0 Å². The van der Waals surface area contributed by atoms with Gasteiger partial charge in [0.05, 0.1) is 0 Å². The summed E-state index contributed by atoms with van der Waals surface area (Å²) < 4.78 is 14.8. The molecule has 0 saturated carbocycles. The third-order valence-corrected chi connectivity index (χ3v) is 35.2. The van der Waals surface area contributed by atoms with E-state index >= 15 is 0 Å². The van der Waals surface area contributed by atoms with Crippen LogP contribution in [-0.4, -0.2) is 43.3 Å². The Morgan fingerprint density at radius 1 is 0.448 bits per heavy atom. The average molecular weight is 593 g/mol. The molecule has 29 heavy (non-hydrogen) atoms. The predicted octanol–water partition coefficient (Wildman–Crippen LogP) is 9.25. The zero-order chi connectivity index (χ0) is 21.8. The van der Waals surface area contributed by atoms with Crippen LogP contribution in [0.1, 0.15) is 119 Å². The third kappa shape index (κ3) is 15.9. The van der Waals surface area contributed by atoms with Gasteiger partial charge in [0.1, 0.15) is 0 Å². The number of hydrogen-bond donors (Lipinski definition) is 0. The fourth-order valence-electron chi connectivity index (χ4n) is 3.72. The quantitative estimate of drug-likeness (QED) is 0.117. The van der Waals surface area contributed by atoms with Crippen molar-refractivity contribution in [1.29, 1.82) is 0 Å². The molecule has 0 amide bonds. The number of rotatable bonds is 22. The van der Waals surface area contributed by atoms with E-state index in [4.69, 9.17) is 5.58 Å². The molecule has 2 radical (unpaired) electrons. The van der Waals surface area contributed by atoms with Gasteiger partial charge < -0.3 is 0 Å². The molecule has 0 fully saturated rings. The first-order valence-corrected chi connectivity index (χ1v) is 25.5. The van der Waals surface area contributed by atoms with Crippen LogP contribution in [0.25, 0.3) is 0 Å². The first-order valence-electron chi connectivity index (χ1n) is 13.2. The van der Waals surface area contributed by atoms with E-state index in [9.17, 15) is 0 Å². The molecule has 0 bridgehead atoms. The Labute approximate surface area is 198 Å². The Kier molecular flexibility index (Phi) is 22.5. The standard InChI is InChI=1S/C24H54Ge3O2/c1-7-13-19-25(20-14-8-2)28-27(23-17-11-5,24-18-12-6)29-26(21-15-9-3)22-16-10-4/h7-24H2,1-6H3. The molecule has 174 valence electrons.